The standard InChI is InChI=1S/C33H31FN2O2S/c1-23-5-12-28(13-6-23)39(37,38)29-14-7-25-20-30-24(15-19-36(30)27-10-8-26(34)9-11-27)21-33(25,22-29)32(16-17-32)31-4-2-3-18-35-31/h2-6,8-13,15,18-20,29H,7,14,16-17,21-22H2,1H3/t29-,33-/m0/s1. The molecule has 4 aromatic rings. The van der Waals surface area contributed by atoms with E-state index >= 15 is 0 Å². The molecule has 3 aliphatic carbocycles. The van der Waals surface area contributed by atoms with Gasteiger partial charge < -0.3 is 4.57 Å². The second kappa shape index (κ2) is 8.75. The van der Waals surface area contributed by atoms with Crippen LogP contribution in [0, 0.1) is 18.2 Å². The number of rotatable bonds is 5. The molecule has 39 heavy (non-hydrogen) atoms. The van der Waals surface area contributed by atoms with E-state index in [-0.39, 0.29) is 16.6 Å². The van der Waals surface area contributed by atoms with Crippen LogP contribution in [-0.4, -0.2) is 23.2 Å². The summed E-state index contributed by atoms with van der Waals surface area (Å²) in [7, 11) is -3.49. The molecule has 2 saturated carbocycles. The van der Waals surface area contributed by atoms with Gasteiger partial charge in [-0.05, 0) is 112 Å². The smallest absolute Gasteiger partial charge is 0.181 e. The minimum absolute atomic E-state index is 0.169. The molecule has 6 heteroatoms. The lowest BCUT2D eigenvalue weighted by Crippen LogP contribution is -2.48. The predicted octanol–water partition coefficient (Wildman–Crippen LogP) is 7.00. The van der Waals surface area contributed by atoms with Gasteiger partial charge in [0, 0.05) is 40.3 Å². The van der Waals surface area contributed by atoms with E-state index in [9.17, 15) is 12.8 Å². The maximum Gasteiger partial charge on any atom is 0.181 e. The molecule has 2 atom stereocenters. The van der Waals surface area contributed by atoms with Gasteiger partial charge in [0.1, 0.15) is 5.82 Å². The number of hydrogen-bond acceptors (Lipinski definition) is 3. The Hall–Kier alpha value is -3.51. The highest BCUT2D eigenvalue weighted by atomic mass is 32.2. The predicted molar refractivity (Wildman–Crippen MR) is 151 cm³/mol. The Balaban J connectivity index is 1.35. The van der Waals surface area contributed by atoms with Crippen LogP contribution >= 0.6 is 0 Å². The zero-order chi connectivity index (χ0) is 26.8. The molecule has 2 aromatic heterocycles. The first-order chi connectivity index (χ1) is 18.8. The number of pyridine rings is 1. The molecule has 0 aliphatic heterocycles. The minimum Gasteiger partial charge on any atom is -0.317 e. The van der Waals surface area contributed by atoms with Crippen molar-refractivity contribution < 1.29 is 12.8 Å². The van der Waals surface area contributed by atoms with Crippen LogP contribution in [0.4, 0.5) is 4.39 Å². The van der Waals surface area contributed by atoms with E-state index in [0.717, 1.165) is 48.3 Å². The first-order valence-electron chi connectivity index (χ1n) is 13.7. The molecule has 3 aliphatic rings. The molecule has 0 saturated heterocycles. The van der Waals surface area contributed by atoms with Crippen molar-refractivity contribution in [2.24, 2.45) is 5.41 Å². The van der Waals surface area contributed by atoms with E-state index in [1.54, 1.807) is 24.3 Å². The Morgan fingerprint density at radius 3 is 2.41 bits per heavy atom. The lowest BCUT2D eigenvalue weighted by Gasteiger charge is -2.50. The Bertz CT molecular complexity index is 1680. The summed E-state index contributed by atoms with van der Waals surface area (Å²) in [5.74, 6) is -0.253. The number of nitrogens with zero attached hydrogens (tertiary/aromatic N) is 2. The highest BCUT2D eigenvalue weighted by Crippen LogP contribution is 2.69. The van der Waals surface area contributed by atoms with Crippen molar-refractivity contribution in [1.29, 1.82) is 0 Å². The van der Waals surface area contributed by atoms with Crippen molar-refractivity contribution in [3.63, 3.8) is 0 Å². The molecular formula is C33H31FN2O2S. The maximum absolute atomic E-state index is 14.0. The molecule has 0 bridgehead atoms. The highest BCUT2D eigenvalue weighted by molar-refractivity contribution is 7.92. The Morgan fingerprint density at radius 2 is 1.72 bits per heavy atom. The normalized spacial score (nSPS) is 23.4. The van der Waals surface area contributed by atoms with Crippen molar-refractivity contribution in [1.82, 2.24) is 9.55 Å². The molecule has 2 aromatic carbocycles. The summed E-state index contributed by atoms with van der Waals surface area (Å²) in [6.07, 6.45) is 10.9. The number of hydrogen-bond donors (Lipinski definition) is 0. The third-order valence-electron chi connectivity index (χ3n) is 9.46. The van der Waals surface area contributed by atoms with Crippen LogP contribution in [0.2, 0.25) is 0 Å². The van der Waals surface area contributed by atoms with Crippen LogP contribution in [0.5, 0.6) is 0 Å². The van der Waals surface area contributed by atoms with Crippen LogP contribution in [0.1, 0.15) is 54.6 Å². The van der Waals surface area contributed by atoms with Gasteiger partial charge in [0.2, 0.25) is 0 Å². The molecule has 0 N–H and O–H groups in total. The Labute approximate surface area is 229 Å². The van der Waals surface area contributed by atoms with Gasteiger partial charge in [0.25, 0.3) is 0 Å². The number of aromatic nitrogens is 2. The summed E-state index contributed by atoms with van der Waals surface area (Å²) in [6.45, 7) is 1.98. The van der Waals surface area contributed by atoms with Crippen LogP contribution in [0.15, 0.2) is 95.7 Å². The molecule has 0 amide bonds. The molecular weight excluding hydrogens is 507 g/mol. The first kappa shape index (κ1) is 24.5. The average Bonchev–Trinajstić information content (AvgIpc) is 3.68. The van der Waals surface area contributed by atoms with Crippen LogP contribution in [-0.2, 0) is 21.7 Å². The van der Waals surface area contributed by atoms with Gasteiger partial charge in [-0.3, -0.25) is 4.98 Å². The molecule has 0 radical (unpaired) electrons. The third-order valence-corrected chi connectivity index (χ3v) is 11.7. The summed E-state index contributed by atoms with van der Waals surface area (Å²) in [6, 6.07) is 22.1. The van der Waals surface area contributed by atoms with Gasteiger partial charge in [0.05, 0.1) is 10.1 Å². The van der Waals surface area contributed by atoms with Crippen LogP contribution in [0.3, 0.4) is 0 Å². The van der Waals surface area contributed by atoms with Crippen LogP contribution < -0.4 is 0 Å². The van der Waals surface area contributed by atoms with Gasteiger partial charge in [0.15, 0.2) is 9.84 Å². The van der Waals surface area contributed by atoms with Gasteiger partial charge in [-0.2, -0.15) is 0 Å². The summed E-state index contributed by atoms with van der Waals surface area (Å²) in [5, 5.41) is -0.445. The monoisotopic (exact) mass is 538 g/mol. The number of sulfone groups is 1. The minimum atomic E-state index is -3.49. The quantitative estimate of drug-likeness (QED) is 0.275. The lowest BCUT2D eigenvalue weighted by molar-refractivity contribution is 0.194. The number of benzene rings is 2. The summed E-state index contributed by atoms with van der Waals surface area (Å²) < 4.78 is 43.7. The third kappa shape index (κ3) is 3.75. The zero-order valence-corrected chi connectivity index (χ0v) is 22.8. The molecule has 0 unspecified atom stereocenters. The topological polar surface area (TPSA) is 52.0 Å². The number of halogens is 1. The first-order valence-corrected chi connectivity index (χ1v) is 15.3. The van der Waals surface area contributed by atoms with E-state index in [1.165, 1.54) is 23.3 Å². The molecule has 198 valence electrons. The highest BCUT2D eigenvalue weighted by Gasteiger charge is 2.65. The molecule has 7 rings (SSSR count). The summed E-state index contributed by atoms with van der Waals surface area (Å²) >= 11 is 0. The van der Waals surface area contributed by atoms with E-state index in [4.69, 9.17) is 4.98 Å². The van der Waals surface area contributed by atoms with Crippen LogP contribution in [0.25, 0.3) is 11.8 Å². The average molecular weight is 539 g/mol. The maximum atomic E-state index is 14.0. The van der Waals surface area contributed by atoms with Gasteiger partial charge >= 0.3 is 0 Å². The molecule has 0 spiro atoms. The van der Waals surface area contributed by atoms with Crippen molar-refractivity contribution in [2.45, 2.75) is 61.0 Å². The molecule has 2 heterocycles. The second-order valence-corrected chi connectivity index (χ2v) is 13.7. The van der Waals surface area contributed by atoms with Gasteiger partial charge in [-0.25, -0.2) is 12.8 Å². The van der Waals surface area contributed by atoms with E-state index in [1.807, 2.05) is 37.4 Å². The second-order valence-electron chi connectivity index (χ2n) is 11.5. The molecule has 2 fully saturated rings. The summed E-state index contributed by atoms with van der Waals surface area (Å²) in [4.78, 5) is 5.25. The largest absolute Gasteiger partial charge is 0.317 e. The Kier molecular flexibility index (Phi) is 5.50. The van der Waals surface area contributed by atoms with Crippen molar-refractivity contribution in [2.75, 3.05) is 0 Å². The number of fused-ring (bicyclic) bond motifs is 2. The van der Waals surface area contributed by atoms with E-state index in [0.29, 0.717) is 17.7 Å². The fourth-order valence-electron chi connectivity index (χ4n) is 7.30. The number of aryl methyl sites for hydroxylation is 1. The fourth-order valence-corrected chi connectivity index (χ4v) is 9.13. The van der Waals surface area contributed by atoms with Crippen molar-refractivity contribution >= 4 is 15.9 Å². The SMILES string of the molecule is Cc1ccc(S(=O)(=O)[C@H]2CCC3=Cc4c(ccn4-c4ccc(F)cc4)C[C@]3(C3(c4ccccn4)CC3)C2)cc1. The van der Waals surface area contributed by atoms with Crippen molar-refractivity contribution in [3.05, 3.63) is 119 Å². The van der Waals surface area contributed by atoms with E-state index in [2.05, 4.69) is 29.0 Å². The van der Waals surface area contributed by atoms with Gasteiger partial charge in [-0.1, -0.05) is 29.3 Å². The van der Waals surface area contributed by atoms with E-state index < -0.39 is 15.1 Å². The zero-order valence-electron chi connectivity index (χ0n) is 22.0. The fraction of sp³-hybridized carbons (Fsp3) is 0.303. The Morgan fingerprint density at radius 1 is 0.949 bits per heavy atom. The van der Waals surface area contributed by atoms with Crippen molar-refractivity contribution in [3.8, 4) is 5.69 Å². The molecule has 4 nitrogen and oxygen atoms in total. The van der Waals surface area contributed by atoms with Gasteiger partial charge in [-0.15, -0.1) is 0 Å². The summed E-state index contributed by atoms with van der Waals surface area (Å²) in [5.41, 5.74) is 6.21. The lowest BCUT2D eigenvalue weighted by atomic mass is 9.55. The number of allylic oxidation sites excluding steroid dienone is 1.